The fourth-order valence-electron chi connectivity index (χ4n) is 3.36. The molecule has 13 heteroatoms. The van der Waals surface area contributed by atoms with E-state index in [2.05, 4.69) is 20.0 Å². The molecule has 2 aromatic heterocycles. The molecule has 3 heterocycles. The molecule has 1 amide bonds. The summed E-state index contributed by atoms with van der Waals surface area (Å²) < 4.78 is 53.0. The number of sulfonamides is 1. The summed E-state index contributed by atoms with van der Waals surface area (Å²) in [7, 11) is -1.80. The number of aromatic nitrogens is 3. The SMILES string of the molecule is Cn1cc(C(=O)Nc2cc(Cl)cc(NS(C)(=O)=O)c2)cc1-c1ncc(N2CC(F)(F)C2)cn1. The Kier molecular flexibility index (Phi) is 5.74. The van der Waals surface area contributed by atoms with Crippen LogP contribution in [-0.4, -0.2) is 54.1 Å². The van der Waals surface area contributed by atoms with Gasteiger partial charge in [0.15, 0.2) is 5.82 Å². The zero-order valence-corrected chi connectivity index (χ0v) is 19.1. The second-order valence-corrected chi connectivity index (χ2v) is 9.94. The van der Waals surface area contributed by atoms with Crippen LogP contribution in [0.4, 0.5) is 25.8 Å². The number of hydrogen-bond donors (Lipinski definition) is 2. The maximum Gasteiger partial charge on any atom is 0.282 e. The van der Waals surface area contributed by atoms with Crippen molar-refractivity contribution < 1.29 is 22.0 Å². The number of hydrogen-bond acceptors (Lipinski definition) is 6. The third-order valence-corrected chi connectivity index (χ3v) is 5.63. The van der Waals surface area contributed by atoms with Crippen LogP contribution in [-0.2, 0) is 17.1 Å². The van der Waals surface area contributed by atoms with Gasteiger partial charge in [0.2, 0.25) is 10.0 Å². The van der Waals surface area contributed by atoms with Gasteiger partial charge in [0.05, 0.1) is 54.4 Å². The maximum atomic E-state index is 13.1. The van der Waals surface area contributed by atoms with Crippen molar-refractivity contribution in [2.75, 3.05) is 34.3 Å². The van der Waals surface area contributed by atoms with Crippen LogP contribution in [0.25, 0.3) is 11.5 Å². The lowest BCUT2D eigenvalue weighted by Gasteiger charge is -2.39. The van der Waals surface area contributed by atoms with Gasteiger partial charge in [0.1, 0.15) is 0 Å². The third-order valence-electron chi connectivity index (χ3n) is 4.80. The fourth-order valence-corrected chi connectivity index (χ4v) is 4.14. The van der Waals surface area contributed by atoms with Crippen LogP contribution in [0.5, 0.6) is 0 Å². The summed E-state index contributed by atoms with van der Waals surface area (Å²) in [5.74, 6) is -2.82. The molecular formula is C20H19ClF2N6O3S. The van der Waals surface area contributed by atoms with Crippen molar-refractivity contribution in [3.63, 3.8) is 0 Å². The molecule has 0 spiro atoms. The van der Waals surface area contributed by atoms with Crippen molar-refractivity contribution in [2.24, 2.45) is 7.05 Å². The van der Waals surface area contributed by atoms with Crippen LogP contribution in [0, 0.1) is 0 Å². The van der Waals surface area contributed by atoms with Crippen LogP contribution < -0.4 is 14.9 Å². The molecule has 0 bridgehead atoms. The van der Waals surface area contributed by atoms with Gasteiger partial charge in [-0.2, -0.15) is 0 Å². The molecule has 9 nitrogen and oxygen atoms in total. The summed E-state index contributed by atoms with van der Waals surface area (Å²) in [6.45, 7) is -0.732. The summed E-state index contributed by atoms with van der Waals surface area (Å²) in [5, 5.41) is 2.91. The molecule has 1 aromatic carbocycles. The Morgan fingerprint density at radius 2 is 1.76 bits per heavy atom. The predicted molar refractivity (Wildman–Crippen MR) is 121 cm³/mol. The smallest absolute Gasteiger partial charge is 0.282 e. The van der Waals surface area contributed by atoms with E-state index >= 15 is 0 Å². The topological polar surface area (TPSA) is 109 Å². The number of aryl methyl sites for hydroxylation is 1. The van der Waals surface area contributed by atoms with E-state index in [9.17, 15) is 22.0 Å². The van der Waals surface area contributed by atoms with Gasteiger partial charge in [-0.05, 0) is 24.3 Å². The highest BCUT2D eigenvalue weighted by atomic mass is 35.5. The van der Waals surface area contributed by atoms with E-state index < -0.39 is 21.9 Å². The molecule has 1 fully saturated rings. The Balaban J connectivity index is 1.50. The van der Waals surface area contributed by atoms with E-state index in [1.165, 1.54) is 35.5 Å². The Hall–Kier alpha value is -3.25. The van der Waals surface area contributed by atoms with Crippen LogP contribution >= 0.6 is 11.6 Å². The van der Waals surface area contributed by atoms with E-state index in [1.807, 2.05) is 0 Å². The lowest BCUT2D eigenvalue weighted by molar-refractivity contribution is -0.0263. The molecule has 2 N–H and O–H groups in total. The number of carbonyl (C=O) groups is 1. The van der Waals surface area contributed by atoms with Gasteiger partial charge >= 0.3 is 0 Å². The molecule has 0 unspecified atom stereocenters. The van der Waals surface area contributed by atoms with Gasteiger partial charge in [0, 0.05) is 24.0 Å². The van der Waals surface area contributed by atoms with Crippen LogP contribution in [0.1, 0.15) is 10.4 Å². The molecule has 33 heavy (non-hydrogen) atoms. The minimum Gasteiger partial charge on any atom is -0.357 e. The first-order chi connectivity index (χ1) is 15.4. The van der Waals surface area contributed by atoms with Crippen molar-refractivity contribution >= 4 is 44.6 Å². The molecular weight excluding hydrogens is 478 g/mol. The molecule has 0 saturated carbocycles. The number of nitrogens with one attached hydrogen (secondary N) is 2. The molecule has 1 aliphatic rings. The molecule has 0 radical (unpaired) electrons. The Morgan fingerprint density at radius 1 is 1.12 bits per heavy atom. The molecule has 174 valence electrons. The number of alkyl halides is 2. The van der Waals surface area contributed by atoms with E-state index in [4.69, 9.17) is 11.6 Å². The van der Waals surface area contributed by atoms with Gasteiger partial charge in [-0.1, -0.05) is 11.6 Å². The van der Waals surface area contributed by atoms with E-state index in [0.29, 0.717) is 28.5 Å². The summed E-state index contributed by atoms with van der Waals surface area (Å²) in [6, 6.07) is 5.93. The third kappa shape index (κ3) is 5.40. The Morgan fingerprint density at radius 3 is 2.36 bits per heavy atom. The molecule has 3 aromatic rings. The standard InChI is InChI=1S/C20H19ClF2N6O3S/c1-28-9-12(19(30)26-14-4-13(21)5-15(6-14)27-33(2,31)32)3-17(28)18-24-7-16(8-25-18)29-10-20(22,23)11-29/h3-9,27H,10-11H2,1-2H3,(H,26,30). The number of amides is 1. The number of nitrogens with zero attached hydrogens (tertiary/aromatic N) is 4. The van der Waals surface area contributed by atoms with Crippen molar-refractivity contribution in [3.05, 3.63) is 53.4 Å². The van der Waals surface area contributed by atoms with Gasteiger partial charge in [0.25, 0.3) is 11.8 Å². The lowest BCUT2D eigenvalue weighted by atomic mass is 10.1. The zero-order valence-electron chi connectivity index (χ0n) is 17.5. The highest BCUT2D eigenvalue weighted by molar-refractivity contribution is 7.92. The highest BCUT2D eigenvalue weighted by Gasteiger charge is 2.44. The molecule has 0 atom stereocenters. The number of anilines is 3. The first-order valence-corrected chi connectivity index (χ1v) is 11.9. The van der Waals surface area contributed by atoms with Crippen LogP contribution in [0.2, 0.25) is 5.02 Å². The number of rotatable bonds is 6. The first kappa shape index (κ1) is 22.9. The minimum absolute atomic E-state index is 0.211. The normalized spacial score (nSPS) is 15.1. The molecule has 1 saturated heterocycles. The van der Waals surface area contributed by atoms with E-state index in [-0.39, 0.29) is 23.8 Å². The van der Waals surface area contributed by atoms with Crippen LogP contribution in [0.15, 0.2) is 42.9 Å². The van der Waals surface area contributed by atoms with Gasteiger partial charge in [-0.3, -0.25) is 9.52 Å². The quantitative estimate of drug-likeness (QED) is 0.542. The summed E-state index contributed by atoms with van der Waals surface area (Å²) in [4.78, 5) is 22.7. The average molecular weight is 497 g/mol. The maximum absolute atomic E-state index is 13.1. The van der Waals surface area contributed by atoms with Gasteiger partial charge in [-0.15, -0.1) is 0 Å². The molecule has 1 aliphatic heterocycles. The first-order valence-electron chi connectivity index (χ1n) is 9.60. The van der Waals surface area contributed by atoms with E-state index in [0.717, 1.165) is 6.26 Å². The lowest BCUT2D eigenvalue weighted by Crippen LogP contribution is -2.56. The molecule has 0 aliphatic carbocycles. The zero-order chi connectivity index (χ0) is 24.0. The summed E-state index contributed by atoms with van der Waals surface area (Å²) in [5.41, 5.74) is 1.86. The summed E-state index contributed by atoms with van der Waals surface area (Å²) >= 11 is 6.03. The minimum atomic E-state index is -3.52. The Labute approximate surface area is 193 Å². The molecule has 4 rings (SSSR count). The second-order valence-electron chi connectivity index (χ2n) is 7.76. The van der Waals surface area contributed by atoms with Crippen LogP contribution in [0.3, 0.4) is 0 Å². The monoisotopic (exact) mass is 496 g/mol. The van der Waals surface area contributed by atoms with Crippen molar-refractivity contribution in [3.8, 4) is 11.5 Å². The van der Waals surface area contributed by atoms with Crippen molar-refractivity contribution in [1.29, 1.82) is 0 Å². The summed E-state index contributed by atoms with van der Waals surface area (Å²) in [6.07, 6.45) is 5.52. The van der Waals surface area contributed by atoms with Gasteiger partial charge in [-0.25, -0.2) is 27.2 Å². The Bertz CT molecular complexity index is 1320. The van der Waals surface area contributed by atoms with Crippen molar-refractivity contribution in [1.82, 2.24) is 14.5 Å². The number of benzene rings is 1. The predicted octanol–water partition coefficient (Wildman–Crippen LogP) is 3.21. The largest absolute Gasteiger partial charge is 0.357 e. The number of carbonyl (C=O) groups excluding carboxylic acids is 1. The number of halogens is 3. The average Bonchev–Trinajstić information content (AvgIpc) is 3.06. The van der Waals surface area contributed by atoms with Gasteiger partial charge < -0.3 is 14.8 Å². The van der Waals surface area contributed by atoms with Crippen molar-refractivity contribution in [2.45, 2.75) is 5.92 Å². The second kappa shape index (κ2) is 8.27. The fraction of sp³-hybridized carbons (Fsp3) is 0.250. The highest BCUT2D eigenvalue weighted by Crippen LogP contribution is 2.31. The van der Waals surface area contributed by atoms with E-state index in [1.54, 1.807) is 23.9 Å².